The lowest BCUT2D eigenvalue weighted by Gasteiger charge is -2.50. The molecule has 34 heavy (non-hydrogen) atoms. The zero-order valence-electron chi connectivity index (χ0n) is 19.7. The standard InChI is InChI=1S/C25H31N5O4/c1-15-20(30-13-18-10-19(14-30)32-18)11-21(24-23(15)28-12-22(31)29(24)2)33-16-4-6-17(7-5-16)34-25-26-8-3-9-27-25/h3,8-9,11-12,15-20H,4-7,10,13-14H2,1-2H3/t15?,16-,17+,18?,19?,20?. The molecule has 180 valence electrons. The Bertz CT molecular complexity index is 1110. The molecule has 0 spiro atoms. The average Bonchev–Trinajstić information content (AvgIpc) is 2.84. The minimum absolute atomic E-state index is 0.0677. The molecule has 7 rings (SSSR count). The molecule has 2 bridgehead atoms. The second kappa shape index (κ2) is 8.78. The molecular weight excluding hydrogens is 434 g/mol. The van der Waals surface area contributed by atoms with E-state index < -0.39 is 0 Å². The number of fused-ring (bicyclic) bond motifs is 3. The van der Waals surface area contributed by atoms with Crippen LogP contribution < -0.4 is 10.3 Å². The minimum Gasteiger partial charge on any atom is -0.488 e. The van der Waals surface area contributed by atoms with Crippen molar-refractivity contribution < 1.29 is 14.2 Å². The van der Waals surface area contributed by atoms with Crippen molar-refractivity contribution in [1.29, 1.82) is 0 Å². The maximum atomic E-state index is 12.4. The van der Waals surface area contributed by atoms with E-state index >= 15 is 0 Å². The highest BCUT2D eigenvalue weighted by molar-refractivity contribution is 5.63. The molecule has 4 fully saturated rings. The Morgan fingerprint density at radius 1 is 1.00 bits per heavy atom. The lowest BCUT2D eigenvalue weighted by Crippen LogP contribution is -2.60. The summed E-state index contributed by atoms with van der Waals surface area (Å²) in [4.78, 5) is 27.9. The minimum atomic E-state index is -0.119. The summed E-state index contributed by atoms with van der Waals surface area (Å²) in [5.41, 5.74) is 1.63. The molecule has 4 unspecified atom stereocenters. The largest absolute Gasteiger partial charge is 0.488 e. The smallest absolute Gasteiger partial charge is 0.316 e. The quantitative estimate of drug-likeness (QED) is 0.664. The van der Waals surface area contributed by atoms with E-state index in [1.54, 1.807) is 23.0 Å². The number of rotatable bonds is 5. The average molecular weight is 466 g/mol. The van der Waals surface area contributed by atoms with Crippen LogP contribution in [0.1, 0.15) is 56.3 Å². The first-order chi connectivity index (χ1) is 16.5. The molecule has 0 N–H and O–H groups in total. The Labute approximate surface area is 198 Å². The topological polar surface area (TPSA) is 91.6 Å². The van der Waals surface area contributed by atoms with Crippen molar-refractivity contribution in [2.24, 2.45) is 7.05 Å². The Morgan fingerprint density at radius 3 is 2.32 bits per heavy atom. The molecule has 3 aliphatic heterocycles. The maximum Gasteiger partial charge on any atom is 0.316 e. The Balaban J connectivity index is 1.20. The van der Waals surface area contributed by atoms with E-state index in [4.69, 9.17) is 14.2 Å². The van der Waals surface area contributed by atoms with Crippen LogP contribution in [0.3, 0.4) is 0 Å². The van der Waals surface area contributed by atoms with Crippen LogP contribution in [0.15, 0.2) is 35.5 Å². The molecule has 9 nitrogen and oxygen atoms in total. The van der Waals surface area contributed by atoms with Crippen molar-refractivity contribution in [2.75, 3.05) is 13.1 Å². The first kappa shape index (κ1) is 21.7. The predicted molar refractivity (Wildman–Crippen MR) is 124 cm³/mol. The van der Waals surface area contributed by atoms with E-state index in [1.165, 1.54) is 6.20 Å². The Kier molecular flexibility index (Phi) is 5.61. The van der Waals surface area contributed by atoms with Crippen LogP contribution in [0.5, 0.6) is 6.01 Å². The number of nitrogens with zero attached hydrogens (tertiary/aromatic N) is 5. The number of piperidine rings is 1. The van der Waals surface area contributed by atoms with Gasteiger partial charge in [0.15, 0.2) is 0 Å². The van der Waals surface area contributed by atoms with Crippen molar-refractivity contribution in [3.63, 3.8) is 0 Å². The molecule has 3 saturated heterocycles. The molecule has 0 aromatic carbocycles. The summed E-state index contributed by atoms with van der Waals surface area (Å²) >= 11 is 0. The third kappa shape index (κ3) is 4.01. The zero-order valence-corrected chi connectivity index (χ0v) is 19.7. The van der Waals surface area contributed by atoms with Gasteiger partial charge in [0, 0.05) is 50.9 Å². The van der Waals surface area contributed by atoms with Crippen molar-refractivity contribution in [3.8, 4) is 6.01 Å². The maximum absolute atomic E-state index is 12.4. The van der Waals surface area contributed by atoms with Gasteiger partial charge in [-0.15, -0.1) is 0 Å². The van der Waals surface area contributed by atoms with Crippen LogP contribution in [-0.4, -0.2) is 68.0 Å². The van der Waals surface area contributed by atoms with Gasteiger partial charge < -0.3 is 18.8 Å². The predicted octanol–water partition coefficient (Wildman–Crippen LogP) is 2.28. The van der Waals surface area contributed by atoms with Gasteiger partial charge in [-0.2, -0.15) is 0 Å². The molecule has 2 aromatic rings. The molecule has 1 saturated carbocycles. The number of hydrogen-bond acceptors (Lipinski definition) is 8. The van der Waals surface area contributed by atoms with Gasteiger partial charge in [0.05, 0.1) is 30.2 Å². The molecule has 0 amide bonds. The molecule has 9 heteroatoms. The van der Waals surface area contributed by atoms with Gasteiger partial charge in [-0.1, -0.05) is 6.92 Å². The number of ether oxygens (including phenoxy) is 3. The van der Waals surface area contributed by atoms with Crippen LogP contribution in [0.2, 0.25) is 0 Å². The highest BCUT2D eigenvalue weighted by atomic mass is 16.5. The fourth-order valence-electron chi connectivity index (χ4n) is 5.81. The number of aromatic nitrogens is 4. The third-order valence-corrected chi connectivity index (χ3v) is 7.66. The lowest BCUT2D eigenvalue weighted by atomic mass is 9.86. The summed E-state index contributed by atoms with van der Waals surface area (Å²) in [5, 5.41) is 0. The second-order valence-corrected chi connectivity index (χ2v) is 9.93. The van der Waals surface area contributed by atoms with E-state index in [2.05, 4.69) is 32.9 Å². The monoisotopic (exact) mass is 465 g/mol. The summed E-state index contributed by atoms with van der Waals surface area (Å²) in [7, 11) is 1.81. The molecule has 4 atom stereocenters. The van der Waals surface area contributed by atoms with Crippen molar-refractivity contribution in [3.05, 3.63) is 52.5 Å². The van der Waals surface area contributed by atoms with Crippen LogP contribution >= 0.6 is 0 Å². The van der Waals surface area contributed by atoms with Crippen LogP contribution in [0.4, 0.5) is 0 Å². The fourth-order valence-corrected chi connectivity index (χ4v) is 5.81. The zero-order chi connectivity index (χ0) is 23.2. The molecule has 5 aliphatic rings. The summed E-state index contributed by atoms with van der Waals surface area (Å²) in [6, 6.07) is 2.39. The first-order valence-corrected chi connectivity index (χ1v) is 12.3. The number of hydrogen-bond donors (Lipinski definition) is 0. The highest BCUT2D eigenvalue weighted by Gasteiger charge is 2.44. The lowest BCUT2D eigenvalue weighted by molar-refractivity contribution is -0.186. The molecule has 2 aliphatic carbocycles. The van der Waals surface area contributed by atoms with Crippen molar-refractivity contribution >= 4 is 5.76 Å². The van der Waals surface area contributed by atoms with Crippen LogP contribution in [-0.2, 0) is 16.5 Å². The summed E-state index contributed by atoms with van der Waals surface area (Å²) in [6.07, 6.45) is 12.5. The van der Waals surface area contributed by atoms with Gasteiger partial charge in [-0.3, -0.25) is 14.7 Å². The summed E-state index contributed by atoms with van der Waals surface area (Å²) < 4.78 is 20.1. The van der Waals surface area contributed by atoms with Gasteiger partial charge in [-0.05, 0) is 37.8 Å². The van der Waals surface area contributed by atoms with E-state index in [-0.39, 0.29) is 29.7 Å². The van der Waals surface area contributed by atoms with Gasteiger partial charge in [0.2, 0.25) is 0 Å². The molecule has 2 aromatic heterocycles. The SMILES string of the molecule is CC1c2ncc(=O)n(C)c2C(O[C@H]2CC[C@@H](Oc3ncccn3)CC2)=CC1N1CC2CC(C1)O2. The Morgan fingerprint density at radius 2 is 1.65 bits per heavy atom. The van der Waals surface area contributed by atoms with Gasteiger partial charge in [0.1, 0.15) is 17.6 Å². The van der Waals surface area contributed by atoms with Crippen molar-refractivity contribution in [2.45, 2.75) is 75.4 Å². The summed E-state index contributed by atoms with van der Waals surface area (Å²) in [6.45, 7) is 4.06. The number of morpholine rings is 1. The normalized spacial score (nSPS) is 32.8. The van der Waals surface area contributed by atoms with E-state index in [0.29, 0.717) is 18.2 Å². The fraction of sp³-hybridized carbons (Fsp3) is 0.600. The third-order valence-electron chi connectivity index (χ3n) is 7.66. The summed E-state index contributed by atoms with van der Waals surface area (Å²) in [5.74, 6) is 0.948. The van der Waals surface area contributed by atoms with Gasteiger partial charge in [0.25, 0.3) is 5.56 Å². The molecular formula is C25H31N5O4. The second-order valence-electron chi connectivity index (χ2n) is 9.93. The van der Waals surface area contributed by atoms with Gasteiger partial charge >= 0.3 is 6.01 Å². The van der Waals surface area contributed by atoms with Crippen molar-refractivity contribution in [1.82, 2.24) is 24.4 Å². The van der Waals surface area contributed by atoms with Gasteiger partial charge in [-0.25, -0.2) is 9.97 Å². The Hall–Kier alpha value is -2.78. The van der Waals surface area contributed by atoms with E-state index in [1.807, 2.05) is 7.05 Å². The first-order valence-electron chi connectivity index (χ1n) is 12.3. The molecule has 0 radical (unpaired) electrons. The highest BCUT2D eigenvalue weighted by Crippen LogP contribution is 2.40. The van der Waals surface area contributed by atoms with Crippen LogP contribution in [0, 0.1) is 0 Å². The van der Waals surface area contributed by atoms with Crippen LogP contribution in [0.25, 0.3) is 5.76 Å². The molecule has 5 heterocycles. The van der Waals surface area contributed by atoms with E-state index in [9.17, 15) is 4.79 Å². The van der Waals surface area contributed by atoms with E-state index in [0.717, 1.165) is 62.3 Å².